The van der Waals surface area contributed by atoms with Gasteiger partial charge in [-0.3, -0.25) is 13.9 Å². The molecule has 0 aliphatic carbocycles. The van der Waals surface area contributed by atoms with E-state index in [0.29, 0.717) is 12.1 Å². The quantitative estimate of drug-likeness (QED) is 0.328. The van der Waals surface area contributed by atoms with Crippen LogP contribution >= 0.6 is 0 Å². The second-order valence-corrected chi connectivity index (χ2v) is 13.6. The molecule has 7 nitrogen and oxygen atoms in total. The van der Waals surface area contributed by atoms with E-state index in [2.05, 4.69) is 5.32 Å². The van der Waals surface area contributed by atoms with Crippen LogP contribution in [0.2, 0.25) is 0 Å². The number of carbonyl (C=O) groups is 2. The summed E-state index contributed by atoms with van der Waals surface area (Å²) in [6, 6.07) is 19.0. The first-order chi connectivity index (χ1) is 19.1. The van der Waals surface area contributed by atoms with Crippen molar-refractivity contribution in [3.63, 3.8) is 0 Å². The van der Waals surface area contributed by atoms with Gasteiger partial charge >= 0.3 is 0 Å². The molecule has 0 radical (unpaired) electrons. The van der Waals surface area contributed by atoms with Crippen molar-refractivity contribution < 1.29 is 18.0 Å². The largest absolute Gasteiger partial charge is 0.350 e. The number of anilines is 1. The van der Waals surface area contributed by atoms with Gasteiger partial charge in [0.2, 0.25) is 11.8 Å². The number of aryl methyl sites for hydroxylation is 3. The van der Waals surface area contributed by atoms with Gasteiger partial charge in [0.1, 0.15) is 12.6 Å². The van der Waals surface area contributed by atoms with E-state index >= 15 is 0 Å². The van der Waals surface area contributed by atoms with Crippen molar-refractivity contribution in [3.8, 4) is 0 Å². The number of rotatable bonds is 10. The van der Waals surface area contributed by atoms with Gasteiger partial charge < -0.3 is 10.2 Å². The fourth-order valence-corrected chi connectivity index (χ4v) is 6.21. The van der Waals surface area contributed by atoms with Gasteiger partial charge in [0.15, 0.2) is 0 Å². The molecule has 0 heterocycles. The van der Waals surface area contributed by atoms with Crippen LogP contribution in [0.3, 0.4) is 0 Å². The third kappa shape index (κ3) is 7.97. The number of sulfonamides is 1. The molecule has 3 aromatic rings. The summed E-state index contributed by atoms with van der Waals surface area (Å²) in [6.45, 7) is 14.9. The molecule has 0 aliphatic rings. The summed E-state index contributed by atoms with van der Waals surface area (Å²) in [5, 5.41) is 3.00. The lowest BCUT2D eigenvalue weighted by molar-refractivity contribution is -0.141. The maximum atomic E-state index is 14.3. The molecule has 0 saturated heterocycles. The van der Waals surface area contributed by atoms with Gasteiger partial charge in [-0.15, -0.1) is 0 Å². The Bertz CT molecular complexity index is 1490. The normalized spacial score (nSPS) is 12.5. The smallest absolute Gasteiger partial charge is 0.264 e. The molecule has 3 rings (SSSR count). The van der Waals surface area contributed by atoms with Crippen LogP contribution in [-0.4, -0.2) is 43.3 Å². The Kier molecular flexibility index (Phi) is 10.0. The highest BCUT2D eigenvalue weighted by atomic mass is 32.2. The molecule has 220 valence electrons. The number of carbonyl (C=O) groups excluding carboxylic acids is 2. The van der Waals surface area contributed by atoms with Crippen LogP contribution in [0.15, 0.2) is 71.6 Å². The zero-order valence-corrected chi connectivity index (χ0v) is 26.3. The Morgan fingerprint density at radius 3 is 2.10 bits per heavy atom. The molecule has 1 atom stereocenters. The lowest BCUT2D eigenvalue weighted by Gasteiger charge is -2.35. The molecule has 0 saturated carbocycles. The average Bonchev–Trinajstić information content (AvgIpc) is 2.88. The fraction of sp³-hybridized carbons (Fsp3) is 0.394. The number of amides is 2. The predicted molar refractivity (Wildman–Crippen MR) is 165 cm³/mol. The third-order valence-corrected chi connectivity index (χ3v) is 8.83. The van der Waals surface area contributed by atoms with Gasteiger partial charge in [-0.2, -0.15) is 0 Å². The molecule has 0 unspecified atom stereocenters. The molecule has 41 heavy (non-hydrogen) atoms. The molecule has 0 fully saturated rings. The van der Waals surface area contributed by atoms with Crippen molar-refractivity contribution in [2.24, 2.45) is 0 Å². The first kappa shape index (κ1) is 31.9. The van der Waals surface area contributed by atoms with Gasteiger partial charge in [0, 0.05) is 12.1 Å². The van der Waals surface area contributed by atoms with Crippen molar-refractivity contribution >= 4 is 27.5 Å². The summed E-state index contributed by atoms with van der Waals surface area (Å²) in [6.07, 6.45) is 0.369. The van der Waals surface area contributed by atoms with Crippen molar-refractivity contribution in [1.82, 2.24) is 10.2 Å². The number of benzene rings is 3. The Balaban J connectivity index is 2.12. The van der Waals surface area contributed by atoms with E-state index < -0.39 is 34.1 Å². The van der Waals surface area contributed by atoms with Crippen molar-refractivity contribution in [2.45, 2.75) is 84.8 Å². The van der Waals surface area contributed by atoms with Gasteiger partial charge in [0.25, 0.3) is 10.0 Å². The van der Waals surface area contributed by atoms with Crippen LogP contribution < -0.4 is 9.62 Å². The predicted octanol–water partition coefficient (Wildman–Crippen LogP) is 5.84. The highest BCUT2D eigenvalue weighted by Crippen LogP contribution is 2.29. The Morgan fingerprint density at radius 2 is 1.51 bits per heavy atom. The number of nitrogens with one attached hydrogen (secondary N) is 1. The Morgan fingerprint density at radius 1 is 0.878 bits per heavy atom. The Labute approximate surface area is 245 Å². The molecule has 3 aromatic carbocycles. The van der Waals surface area contributed by atoms with Crippen molar-refractivity contribution in [2.75, 3.05) is 10.8 Å². The zero-order chi connectivity index (χ0) is 30.5. The topological polar surface area (TPSA) is 86.8 Å². The SMILES string of the molecule is CC[C@H](C(=O)NC(C)(C)C)N(Cc1cccc(C)c1)C(=O)CN(c1cccc(C)c1C)S(=O)(=O)c1ccc(C)cc1. The summed E-state index contributed by atoms with van der Waals surface area (Å²) >= 11 is 0. The van der Waals surface area contributed by atoms with Crippen LogP contribution in [0, 0.1) is 27.7 Å². The van der Waals surface area contributed by atoms with Gasteiger partial charge in [-0.1, -0.05) is 66.6 Å². The van der Waals surface area contributed by atoms with Gasteiger partial charge in [-0.25, -0.2) is 8.42 Å². The minimum atomic E-state index is -4.11. The van der Waals surface area contributed by atoms with Gasteiger partial charge in [-0.05, 0) is 89.8 Å². The zero-order valence-electron chi connectivity index (χ0n) is 25.5. The van der Waals surface area contributed by atoms with E-state index in [1.54, 1.807) is 36.4 Å². The highest BCUT2D eigenvalue weighted by molar-refractivity contribution is 7.92. The monoisotopic (exact) mass is 577 g/mol. The fourth-order valence-electron chi connectivity index (χ4n) is 4.74. The standard InChI is InChI=1S/C33H43N3O4S/c1-9-29(32(38)34-33(6,7)8)35(21-27-14-10-12-24(3)20-27)31(37)22-36(30-15-11-13-25(4)26(30)5)41(39,40)28-18-16-23(2)17-19-28/h10-20,29H,9,21-22H2,1-8H3,(H,34,38)/t29-/m1/s1. The second-order valence-electron chi connectivity index (χ2n) is 11.7. The lowest BCUT2D eigenvalue weighted by Crippen LogP contribution is -2.55. The maximum absolute atomic E-state index is 14.3. The van der Waals surface area contributed by atoms with Crippen LogP contribution in [0.25, 0.3) is 0 Å². The van der Waals surface area contributed by atoms with E-state index in [9.17, 15) is 18.0 Å². The van der Waals surface area contributed by atoms with Crippen LogP contribution in [0.4, 0.5) is 5.69 Å². The summed E-state index contributed by atoms with van der Waals surface area (Å²) in [4.78, 5) is 29.3. The molecule has 0 bridgehead atoms. The van der Waals surface area contributed by atoms with E-state index in [0.717, 1.165) is 27.8 Å². The lowest BCUT2D eigenvalue weighted by atomic mass is 10.0. The molecule has 8 heteroatoms. The second kappa shape index (κ2) is 12.9. The molecule has 2 amide bonds. The minimum absolute atomic E-state index is 0.0968. The number of nitrogens with zero attached hydrogens (tertiary/aromatic N) is 2. The summed E-state index contributed by atoms with van der Waals surface area (Å²) < 4.78 is 29.4. The van der Waals surface area contributed by atoms with E-state index in [4.69, 9.17) is 0 Å². The first-order valence-electron chi connectivity index (χ1n) is 14.0. The van der Waals surface area contributed by atoms with E-state index in [1.165, 1.54) is 9.21 Å². The van der Waals surface area contributed by atoms with E-state index in [1.807, 2.05) is 85.7 Å². The third-order valence-electron chi connectivity index (χ3n) is 7.05. The molecule has 0 aliphatic heterocycles. The average molecular weight is 578 g/mol. The highest BCUT2D eigenvalue weighted by Gasteiger charge is 2.35. The summed E-state index contributed by atoms with van der Waals surface area (Å²) in [5.41, 5.74) is 4.42. The van der Waals surface area contributed by atoms with Crippen LogP contribution in [0.1, 0.15) is 61.9 Å². The molecule has 0 spiro atoms. The molecular formula is C33H43N3O4S. The molecular weight excluding hydrogens is 534 g/mol. The summed E-state index contributed by atoms with van der Waals surface area (Å²) in [5.74, 6) is -0.736. The number of hydrogen-bond acceptors (Lipinski definition) is 4. The van der Waals surface area contributed by atoms with Crippen molar-refractivity contribution in [3.05, 3.63) is 94.5 Å². The minimum Gasteiger partial charge on any atom is -0.350 e. The van der Waals surface area contributed by atoms with Crippen molar-refractivity contribution in [1.29, 1.82) is 0 Å². The van der Waals surface area contributed by atoms with Crippen LogP contribution in [0.5, 0.6) is 0 Å². The Hall–Kier alpha value is -3.65. The molecule has 1 N–H and O–H groups in total. The number of hydrogen-bond donors (Lipinski definition) is 1. The van der Waals surface area contributed by atoms with E-state index in [-0.39, 0.29) is 17.3 Å². The summed E-state index contributed by atoms with van der Waals surface area (Å²) in [7, 11) is -4.11. The molecule has 0 aromatic heterocycles. The van der Waals surface area contributed by atoms with Crippen LogP contribution in [-0.2, 0) is 26.2 Å². The van der Waals surface area contributed by atoms with Gasteiger partial charge in [0.05, 0.1) is 10.6 Å². The first-order valence-corrected chi connectivity index (χ1v) is 15.4. The maximum Gasteiger partial charge on any atom is 0.264 e.